The van der Waals surface area contributed by atoms with Crippen LogP contribution in [0.15, 0.2) is 72.8 Å². The molecular formula is C31H22F4N2O4. The fourth-order valence-electron chi connectivity index (χ4n) is 4.86. The lowest BCUT2D eigenvalue weighted by atomic mass is 9.96. The number of aromatic carboxylic acids is 1. The van der Waals surface area contributed by atoms with Gasteiger partial charge in [-0.05, 0) is 67.4 Å². The summed E-state index contributed by atoms with van der Waals surface area (Å²) in [7, 11) is 0. The number of benzene rings is 4. The number of hydrogen-bond acceptors (Lipinski definition) is 4. The molecule has 1 aliphatic heterocycles. The Morgan fingerprint density at radius 1 is 0.902 bits per heavy atom. The summed E-state index contributed by atoms with van der Waals surface area (Å²) in [6.45, 7) is 3.70. The zero-order chi connectivity index (χ0) is 29.6. The van der Waals surface area contributed by atoms with Gasteiger partial charge in [-0.3, -0.25) is 4.79 Å². The molecule has 0 bridgehead atoms. The molecule has 0 fully saturated rings. The van der Waals surface area contributed by atoms with E-state index in [1.54, 1.807) is 18.2 Å². The van der Waals surface area contributed by atoms with E-state index in [0.717, 1.165) is 35.4 Å². The highest BCUT2D eigenvalue weighted by Crippen LogP contribution is 2.43. The number of carboxylic acids is 1. The molecule has 0 spiro atoms. The van der Waals surface area contributed by atoms with Gasteiger partial charge in [-0.2, -0.15) is 13.2 Å². The molecular weight excluding hydrogens is 540 g/mol. The van der Waals surface area contributed by atoms with Crippen molar-refractivity contribution < 1.29 is 37.4 Å². The molecule has 0 saturated heterocycles. The Labute approximate surface area is 231 Å². The molecule has 1 amide bonds. The van der Waals surface area contributed by atoms with Crippen molar-refractivity contribution in [1.82, 2.24) is 0 Å². The second-order valence-electron chi connectivity index (χ2n) is 9.67. The molecule has 5 rings (SSSR count). The van der Waals surface area contributed by atoms with Gasteiger partial charge in [-0.25, -0.2) is 9.18 Å². The molecule has 1 heterocycles. The Morgan fingerprint density at radius 3 is 2.27 bits per heavy atom. The van der Waals surface area contributed by atoms with E-state index in [2.05, 4.69) is 10.6 Å². The lowest BCUT2D eigenvalue weighted by Gasteiger charge is -2.18. The summed E-state index contributed by atoms with van der Waals surface area (Å²) in [6, 6.07) is 16.5. The lowest BCUT2D eigenvalue weighted by molar-refractivity contribution is -0.137. The first kappa shape index (κ1) is 27.4. The Bertz CT molecular complexity index is 1760. The maximum atomic E-state index is 14.0. The van der Waals surface area contributed by atoms with Crippen molar-refractivity contribution in [2.75, 3.05) is 10.6 Å². The van der Waals surface area contributed by atoms with E-state index >= 15 is 0 Å². The molecule has 4 aromatic carbocycles. The third-order valence-electron chi connectivity index (χ3n) is 6.66. The summed E-state index contributed by atoms with van der Waals surface area (Å²) in [5.74, 6) is -3.36. The number of carboxylic acid groups (broad SMARTS) is 1. The van der Waals surface area contributed by atoms with Crippen molar-refractivity contribution in [3.8, 4) is 16.9 Å². The second-order valence-corrected chi connectivity index (χ2v) is 9.67. The van der Waals surface area contributed by atoms with E-state index in [4.69, 9.17) is 0 Å². The highest BCUT2D eigenvalue weighted by molar-refractivity contribution is 6.37. The summed E-state index contributed by atoms with van der Waals surface area (Å²) in [5.41, 5.74) is 1.84. The molecule has 1 aliphatic rings. The van der Waals surface area contributed by atoms with Gasteiger partial charge in [0.25, 0.3) is 5.91 Å². The highest BCUT2D eigenvalue weighted by Gasteiger charge is 2.35. The molecule has 0 saturated carbocycles. The molecule has 4 aromatic rings. The van der Waals surface area contributed by atoms with E-state index in [1.165, 1.54) is 24.3 Å². The molecule has 41 heavy (non-hydrogen) atoms. The summed E-state index contributed by atoms with van der Waals surface area (Å²) in [4.78, 5) is 24.7. The molecule has 4 N–H and O–H groups in total. The molecule has 0 aromatic heterocycles. The largest absolute Gasteiger partial charge is 0.505 e. The monoisotopic (exact) mass is 562 g/mol. The zero-order valence-electron chi connectivity index (χ0n) is 21.7. The minimum atomic E-state index is -4.60. The van der Waals surface area contributed by atoms with Crippen LogP contribution >= 0.6 is 0 Å². The van der Waals surface area contributed by atoms with E-state index in [1.807, 2.05) is 19.9 Å². The molecule has 0 aliphatic carbocycles. The van der Waals surface area contributed by atoms with Gasteiger partial charge in [0.1, 0.15) is 11.6 Å². The Balaban J connectivity index is 1.69. The Hall–Kier alpha value is -5.12. The molecule has 0 unspecified atom stereocenters. The first-order chi connectivity index (χ1) is 19.3. The van der Waals surface area contributed by atoms with Crippen LogP contribution in [-0.2, 0) is 11.0 Å². The van der Waals surface area contributed by atoms with Crippen LogP contribution in [0.5, 0.6) is 5.75 Å². The first-order valence-corrected chi connectivity index (χ1v) is 12.3. The van der Waals surface area contributed by atoms with Crippen LogP contribution in [0.4, 0.5) is 28.9 Å². The number of alkyl halides is 3. The predicted molar refractivity (Wildman–Crippen MR) is 147 cm³/mol. The van der Waals surface area contributed by atoms with Crippen molar-refractivity contribution in [2.24, 2.45) is 0 Å². The van der Waals surface area contributed by atoms with Crippen molar-refractivity contribution in [1.29, 1.82) is 0 Å². The third kappa shape index (κ3) is 5.23. The van der Waals surface area contributed by atoms with Gasteiger partial charge >= 0.3 is 12.1 Å². The Morgan fingerprint density at radius 2 is 1.61 bits per heavy atom. The number of aryl methyl sites for hydroxylation is 2. The van der Waals surface area contributed by atoms with Crippen molar-refractivity contribution >= 4 is 34.5 Å². The van der Waals surface area contributed by atoms with Gasteiger partial charge < -0.3 is 20.8 Å². The number of nitrogens with one attached hydrogen (secondary N) is 2. The van der Waals surface area contributed by atoms with Crippen LogP contribution < -0.4 is 10.6 Å². The van der Waals surface area contributed by atoms with Crippen molar-refractivity contribution in [3.63, 3.8) is 0 Å². The number of amides is 1. The number of carbonyl (C=O) groups is 2. The number of carbonyl (C=O) groups excluding carboxylic acids is 1. The molecule has 0 radical (unpaired) electrons. The standard InChI is InChI=1S/C31H22F4N2O4/c1-15-10-16(2)12-18(11-15)27(26-21-8-7-19(31(33,34)35)14-25(21)37-29(26)39)36-24-5-3-4-20(28(24)38)17-6-9-23(32)22(13-17)30(40)41/h3-14,36,38H,1-2H3,(H,37,39)(H,40,41). The van der Waals surface area contributed by atoms with E-state index in [0.29, 0.717) is 5.56 Å². The lowest BCUT2D eigenvalue weighted by Crippen LogP contribution is -2.10. The predicted octanol–water partition coefficient (Wildman–Crippen LogP) is 7.46. The molecule has 10 heteroatoms. The second kappa shape index (κ2) is 10.1. The smallest absolute Gasteiger partial charge is 0.416 e. The minimum absolute atomic E-state index is 0.00557. The number of aromatic hydroxyl groups is 1. The topological polar surface area (TPSA) is 98.7 Å². The number of phenols is 1. The first-order valence-electron chi connectivity index (χ1n) is 12.3. The SMILES string of the molecule is Cc1cc(C)cc(C(Nc2cccc(-c3ccc(F)c(C(=O)O)c3)c2O)=C2C(=O)Nc3cc(C(F)(F)F)ccc32)c1. The zero-order valence-corrected chi connectivity index (χ0v) is 21.7. The summed E-state index contributed by atoms with van der Waals surface area (Å²) >= 11 is 0. The van der Waals surface area contributed by atoms with E-state index in [9.17, 15) is 37.4 Å². The summed E-state index contributed by atoms with van der Waals surface area (Å²) < 4.78 is 54.0. The third-order valence-corrected chi connectivity index (χ3v) is 6.66. The maximum absolute atomic E-state index is 14.0. The normalized spacial score (nSPS) is 14.0. The van der Waals surface area contributed by atoms with Gasteiger partial charge in [-0.1, -0.05) is 41.5 Å². The average molecular weight is 563 g/mol. The maximum Gasteiger partial charge on any atom is 0.416 e. The average Bonchev–Trinajstić information content (AvgIpc) is 3.22. The van der Waals surface area contributed by atoms with Crippen molar-refractivity contribution in [2.45, 2.75) is 20.0 Å². The number of phenolic OH excluding ortho intramolecular Hbond substituents is 1. The van der Waals surface area contributed by atoms with Gasteiger partial charge in [0.05, 0.1) is 28.1 Å². The van der Waals surface area contributed by atoms with Crippen LogP contribution in [0.1, 0.15) is 38.2 Å². The minimum Gasteiger partial charge on any atom is -0.505 e. The van der Waals surface area contributed by atoms with Gasteiger partial charge in [0.15, 0.2) is 0 Å². The van der Waals surface area contributed by atoms with E-state index in [-0.39, 0.29) is 45.1 Å². The van der Waals surface area contributed by atoms with Crippen molar-refractivity contribution in [3.05, 3.63) is 112 Å². The van der Waals surface area contributed by atoms with Gasteiger partial charge in [-0.15, -0.1) is 0 Å². The van der Waals surface area contributed by atoms with E-state index < -0.39 is 35.0 Å². The van der Waals surface area contributed by atoms with Gasteiger partial charge in [0, 0.05) is 16.8 Å². The summed E-state index contributed by atoms with van der Waals surface area (Å²) in [5, 5.41) is 26.1. The quantitative estimate of drug-likeness (QED) is 0.115. The van der Waals surface area contributed by atoms with Crippen LogP contribution in [0, 0.1) is 19.7 Å². The highest BCUT2D eigenvalue weighted by atomic mass is 19.4. The molecule has 6 nitrogen and oxygen atoms in total. The number of halogens is 4. The van der Waals surface area contributed by atoms with Crippen LogP contribution in [0.2, 0.25) is 0 Å². The van der Waals surface area contributed by atoms with Crippen LogP contribution in [0.3, 0.4) is 0 Å². The number of hydrogen-bond donors (Lipinski definition) is 4. The number of anilines is 2. The van der Waals surface area contributed by atoms with Crippen LogP contribution in [0.25, 0.3) is 22.4 Å². The fourth-order valence-corrected chi connectivity index (χ4v) is 4.86. The molecule has 208 valence electrons. The molecule has 0 atom stereocenters. The van der Waals surface area contributed by atoms with Gasteiger partial charge in [0.2, 0.25) is 0 Å². The summed E-state index contributed by atoms with van der Waals surface area (Å²) in [6.07, 6.45) is -4.60. The number of para-hydroxylation sites is 1. The number of fused-ring (bicyclic) bond motifs is 1. The Kier molecular flexibility index (Phi) is 6.78. The van der Waals surface area contributed by atoms with Crippen LogP contribution in [-0.4, -0.2) is 22.1 Å². The number of rotatable bonds is 5. The fraction of sp³-hybridized carbons (Fsp3) is 0.0968.